The second kappa shape index (κ2) is 4.92. The average molecular weight is 249 g/mol. The van der Waals surface area contributed by atoms with Crippen LogP contribution in [0.15, 0.2) is 30.0 Å². The van der Waals surface area contributed by atoms with Gasteiger partial charge < -0.3 is 10.5 Å². The predicted molar refractivity (Wildman–Crippen MR) is 63.9 cm³/mol. The zero-order valence-corrected chi connectivity index (χ0v) is 9.98. The van der Waals surface area contributed by atoms with Gasteiger partial charge >= 0.3 is 0 Å². The first-order valence-corrected chi connectivity index (χ1v) is 5.85. The summed E-state index contributed by atoms with van der Waals surface area (Å²) in [5.74, 6) is -0.0196. The number of pyridine rings is 1. The molecular formula is C11H11N3O2S. The molecule has 0 saturated carbocycles. The largest absolute Gasteiger partial charge is 0.482 e. The highest BCUT2D eigenvalue weighted by Gasteiger charge is 2.11. The Balaban J connectivity index is 2.13. The molecular weight excluding hydrogens is 238 g/mol. The van der Waals surface area contributed by atoms with Crippen molar-refractivity contribution in [2.24, 2.45) is 5.73 Å². The van der Waals surface area contributed by atoms with Crippen molar-refractivity contribution in [3.63, 3.8) is 0 Å². The van der Waals surface area contributed by atoms with Gasteiger partial charge in [-0.15, -0.1) is 11.3 Å². The molecule has 6 heteroatoms. The van der Waals surface area contributed by atoms with Crippen LogP contribution in [0.4, 0.5) is 0 Å². The van der Waals surface area contributed by atoms with Gasteiger partial charge in [0.15, 0.2) is 0 Å². The Hall–Kier alpha value is -1.95. The first kappa shape index (κ1) is 11.5. The molecule has 0 aliphatic rings. The molecule has 0 fully saturated rings. The minimum atomic E-state index is -0.523. The highest BCUT2D eigenvalue weighted by Crippen LogP contribution is 2.22. The number of nitrogens with zero attached hydrogens (tertiary/aromatic N) is 2. The maximum atomic E-state index is 11.0. The highest BCUT2D eigenvalue weighted by atomic mass is 32.1. The number of nitrogens with two attached hydrogens (primary N) is 1. The van der Waals surface area contributed by atoms with Gasteiger partial charge in [0.2, 0.25) is 5.91 Å². The first-order chi connectivity index (χ1) is 8.16. The van der Waals surface area contributed by atoms with Gasteiger partial charge in [0.05, 0.1) is 11.8 Å². The molecule has 1 atom stereocenters. The molecule has 17 heavy (non-hydrogen) atoms. The summed E-state index contributed by atoms with van der Waals surface area (Å²) in [7, 11) is 0. The molecule has 2 aromatic rings. The molecule has 0 aliphatic heterocycles. The zero-order valence-electron chi connectivity index (χ0n) is 9.16. The van der Waals surface area contributed by atoms with Crippen LogP contribution in [0, 0.1) is 0 Å². The van der Waals surface area contributed by atoms with Crippen molar-refractivity contribution in [1.29, 1.82) is 0 Å². The Kier molecular flexibility index (Phi) is 3.34. The number of primary amides is 1. The van der Waals surface area contributed by atoms with Crippen LogP contribution in [0.25, 0.3) is 0 Å². The van der Waals surface area contributed by atoms with Crippen molar-refractivity contribution in [3.8, 4) is 5.75 Å². The highest BCUT2D eigenvalue weighted by molar-refractivity contribution is 7.09. The van der Waals surface area contributed by atoms with Crippen molar-refractivity contribution in [1.82, 2.24) is 9.97 Å². The molecule has 1 amide bonds. The van der Waals surface area contributed by atoms with Crippen molar-refractivity contribution < 1.29 is 9.53 Å². The SMILES string of the molecule is CC(Oc1cncc(C(N)=O)c1)c1nccs1. The number of hydrogen-bond donors (Lipinski definition) is 1. The van der Waals surface area contributed by atoms with Crippen LogP contribution in [0.2, 0.25) is 0 Å². The minimum Gasteiger partial charge on any atom is -0.482 e. The molecule has 2 aromatic heterocycles. The summed E-state index contributed by atoms with van der Waals surface area (Å²) < 4.78 is 5.63. The third-order valence-corrected chi connectivity index (χ3v) is 3.05. The van der Waals surface area contributed by atoms with Crippen molar-refractivity contribution in [2.45, 2.75) is 13.0 Å². The van der Waals surface area contributed by atoms with Crippen molar-refractivity contribution >= 4 is 17.2 Å². The standard InChI is InChI=1S/C11H11N3O2S/c1-7(11-14-2-3-17-11)16-9-4-8(10(12)15)5-13-6-9/h2-7H,1H3,(H2,12,15). The van der Waals surface area contributed by atoms with E-state index in [1.165, 1.54) is 23.7 Å². The lowest BCUT2D eigenvalue weighted by Gasteiger charge is -2.11. The topological polar surface area (TPSA) is 78.1 Å². The van der Waals surface area contributed by atoms with E-state index in [4.69, 9.17) is 10.5 Å². The monoisotopic (exact) mass is 249 g/mol. The second-order valence-corrected chi connectivity index (χ2v) is 4.33. The van der Waals surface area contributed by atoms with E-state index >= 15 is 0 Å². The van der Waals surface area contributed by atoms with Crippen molar-refractivity contribution in [2.75, 3.05) is 0 Å². The fourth-order valence-corrected chi connectivity index (χ4v) is 1.93. The summed E-state index contributed by atoms with van der Waals surface area (Å²) in [5.41, 5.74) is 5.49. The molecule has 2 rings (SSSR count). The lowest BCUT2D eigenvalue weighted by Crippen LogP contribution is -2.11. The number of rotatable bonds is 4. The Bertz CT molecular complexity index is 513. The Labute approximate surface area is 102 Å². The molecule has 5 nitrogen and oxygen atoms in total. The molecule has 2 N–H and O–H groups in total. The maximum absolute atomic E-state index is 11.0. The molecule has 0 aliphatic carbocycles. The van der Waals surface area contributed by atoms with E-state index in [0.29, 0.717) is 11.3 Å². The predicted octanol–water partition coefficient (Wildman–Crippen LogP) is 1.78. The second-order valence-electron chi connectivity index (χ2n) is 3.40. The molecule has 2 heterocycles. The van der Waals surface area contributed by atoms with Gasteiger partial charge in [0.1, 0.15) is 16.9 Å². The van der Waals surface area contributed by atoms with E-state index in [0.717, 1.165) is 5.01 Å². The minimum absolute atomic E-state index is 0.181. The Morgan fingerprint density at radius 3 is 3.00 bits per heavy atom. The van der Waals surface area contributed by atoms with E-state index in [1.54, 1.807) is 12.3 Å². The molecule has 0 saturated heterocycles. The van der Waals surface area contributed by atoms with Crippen LogP contribution < -0.4 is 10.5 Å². The average Bonchev–Trinajstić information content (AvgIpc) is 2.82. The van der Waals surface area contributed by atoms with Crippen LogP contribution in [0.3, 0.4) is 0 Å². The number of carbonyl (C=O) groups is 1. The van der Waals surface area contributed by atoms with Crippen LogP contribution >= 0.6 is 11.3 Å². The van der Waals surface area contributed by atoms with Crippen LogP contribution in [-0.2, 0) is 0 Å². The summed E-state index contributed by atoms with van der Waals surface area (Å²) in [5, 5.41) is 2.75. The maximum Gasteiger partial charge on any atom is 0.250 e. The molecule has 0 bridgehead atoms. The number of thiazole rings is 1. The van der Waals surface area contributed by atoms with Crippen molar-refractivity contribution in [3.05, 3.63) is 40.6 Å². The number of hydrogen-bond acceptors (Lipinski definition) is 5. The van der Waals surface area contributed by atoms with E-state index < -0.39 is 5.91 Å². The first-order valence-electron chi connectivity index (χ1n) is 4.97. The molecule has 0 aromatic carbocycles. The summed E-state index contributed by atoms with van der Waals surface area (Å²) in [6.45, 7) is 1.88. The number of aromatic nitrogens is 2. The summed E-state index contributed by atoms with van der Waals surface area (Å²) in [6.07, 6.45) is 4.48. The van der Waals surface area contributed by atoms with Crippen LogP contribution in [-0.4, -0.2) is 15.9 Å². The summed E-state index contributed by atoms with van der Waals surface area (Å²) in [6, 6.07) is 1.57. The Morgan fingerprint density at radius 2 is 2.35 bits per heavy atom. The van der Waals surface area contributed by atoms with Gasteiger partial charge in [-0.2, -0.15) is 0 Å². The van der Waals surface area contributed by atoms with Gasteiger partial charge in [-0.25, -0.2) is 4.98 Å². The zero-order chi connectivity index (χ0) is 12.3. The third kappa shape index (κ3) is 2.79. The summed E-state index contributed by atoms with van der Waals surface area (Å²) >= 11 is 1.51. The van der Waals surface area contributed by atoms with Crippen LogP contribution in [0.1, 0.15) is 28.4 Å². The molecule has 88 valence electrons. The van der Waals surface area contributed by atoms with E-state index in [9.17, 15) is 4.79 Å². The van der Waals surface area contributed by atoms with Gasteiger partial charge in [-0.1, -0.05) is 0 Å². The Morgan fingerprint density at radius 1 is 1.53 bits per heavy atom. The van der Waals surface area contributed by atoms with E-state index in [1.807, 2.05) is 12.3 Å². The summed E-state index contributed by atoms with van der Waals surface area (Å²) in [4.78, 5) is 19.0. The lowest BCUT2D eigenvalue weighted by molar-refractivity contribution is 0.0999. The third-order valence-electron chi connectivity index (χ3n) is 2.11. The fraction of sp³-hybridized carbons (Fsp3) is 0.182. The van der Waals surface area contributed by atoms with Gasteiger partial charge in [0, 0.05) is 17.8 Å². The molecule has 1 unspecified atom stereocenters. The van der Waals surface area contributed by atoms with Gasteiger partial charge in [-0.05, 0) is 13.0 Å². The molecule has 0 radical (unpaired) electrons. The lowest BCUT2D eigenvalue weighted by atomic mass is 10.2. The van der Waals surface area contributed by atoms with E-state index in [-0.39, 0.29) is 6.10 Å². The molecule has 0 spiro atoms. The number of amides is 1. The van der Waals surface area contributed by atoms with Crippen LogP contribution in [0.5, 0.6) is 5.75 Å². The van der Waals surface area contributed by atoms with Gasteiger partial charge in [0.25, 0.3) is 0 Å². The smallest absolute Gasteiger partial charge is 0.250 e. The number of ether oxygens (including phenoxy) is 1. The van der Waals surface area contributed by atoms with E-state index in [2.05, 4.69) is 9.97 Å². The quantitative estimate of drug-likeness (QED) is 0.895. The van der Waals surface area contributed by atoms with Gasteiger partial charge in [-0.3, -0.25) is 9.78 Å². The number of carbonyl (C=O) groups excluding carboxylic acids is 1. The normalized spacial score (nSPS) is 12.1. The fourth-order valence-electron chi connectivity index (χ4n) is 1.31.